The molecule has 3 aromatic carbocycles. The van der Waals surface area contributed by atoms with Gasteiger partial charge in [-0.3, -0.25) is 0 Å². The fourth-order valence-electron chi connectivity index (χ4n) is 2.97. The summed E-state index contributed by atoms with van der Waals surface area (Å²) in [6, 6.07) is 20.4. The number of allylic oxidation sites excluding steroid dienone is 2. The maximum atomic E-state index is 15.1. The molecule has 3 rings (SSSR count). The molecule has 1 unspecified atom stereocenters. The smallest absolute Gasteiger partial charge is 0.165 e. The first-order valence-corrected chi connectivity index (χ1v) is 9.47. The van der Waals surface area contributed by atoms with Gasteiger partial charge in [0.05, 0.1) is 5.92 Å². The van der Waals surface area contributed by atoms with E-state index in [2.05, 4.69) is 0 Å². The van der Waals surface area contributed by atoms with Gasteiger partial charge < -0.3 is 4.74 Å². The Labute approximate surface area is 169 Å². The number of para-hydroxylation sites is 1. The molecular formula is C24H21ClF2O. The van der Waals surface area contributed by atoms with Crippen molar-refractivity contribution in [3.05, 3.63) is 107 Å². The van der Waals surface area contributed by atoms with Crippen LogP contribution in [0.4, 0.5) is 8.78 Å². The lowest BCUT2D eigenvalue weighted by Gasteiger charge is -2.19. The van der Waals surface area contributed by atoms with E-state index in [9.17, 15) is 4.39 Å². The molecule has 0 saturated carbocycles. The summed E-state index contributed by atoms with van der Waals surface area (Å²) in [7, 11) is 0. The largest absolute Gasteiger partial charge is 0.454 e. The van der Waals surface area contributed by atoms with Crippen LogP contribution in [0.2, 0.25) is 5.02 Å². The van der Waals surface area contributed by atoms with Crippen molar-refractivity contribution < 1.29 is 13.5 Å². The van der Waals surface area contributed by atoms with Gasteiger partial charge >= 0.3 is 0 Å². The second kappa shape index (κ2) is 9.03. The van der Waals surface area contributed by atoms with Gasteiger partial charge in [0.2, 0.25) is 0 Å². The maximum Gasteiger partial charge on any atom is 0.165 e. The number of ether oxygens (including phenoxy) is 1. The second-order valence-corrected chi connectivity index (χ2v) is 7.32. The van der Waals surface area contributed by atoms with E-state index in [-0.39, 0.29) is 17.5 Å². The Kier molecular flexibility index (Phi) is 6.48. The summed E-state index contributed by atoms with van der Waals surface area (Å²) < 4.78 is 35.2. The van der Waals surface area contributed by atoms with Crippen LogP contribution in [0.5, 0.6) is 11.5 Å². The molecule has 0 spiro atoms. The predicted octanol–water partition coefficient (Wildman–Crippen LogP) is 7.91. The quantitative estimate of drug-likeness (QED) is 0.409. The molecular weight excluding hydrogens is 378 g/mol. The van der Waals surface area contributed by atoms with Gasteiger partial charge in [0.25, 0.3) is 0 Å². The van der Waals surface area contributed by atoms with Crippen molar-refractivity contribution in [2.24, 2.45) is 5.92 Å². The summed E-state index contributed by atoms with van der Waals surface area (Å²) >= 11 is 5.98. The minimum atomic E-state index is -0.668. The Bertz CT molecular complexity index is 950. The molecule has 1 nitrogen and oxygen atoms in total. The third-order valence-electron chi connectivity index (χ3n) is 4.23. The normalized spacial score (nSPS) is 12.9. The lowest BCUT2D eigenvalue weighted by molar-refractivity contribution is 0.440. The van der Waals surface area contributed by atoms with E-state index in [1.54, 1.807) is 66.7 Å². The number of rotatable bonds is 6. The number of hydrogen-bond acceptors (Lipinski definition) is 1. The van der Waals surface area contributed by atoms with Crippen molar-refractivity contribution in [3.63, 3.8) is 0 Å². The van der Waals surface area contributed by atoms with Gasteiger partial charge in [-0.2, -0.15) is 0 Å². The summed E-state index contributed by atoms with van der Waals surface area (Å²) in [5, 5.41) is 0.572. The van der Waals surface area contributed by atoms with Gasteiger partial charge in [-0.25, -0.2) is 8.78 Å². The third kappa shape index (κ3) is 4.99. The highest BCUT2D eigenvalue weighted by molar-refractivity contribution is 6.30. The molecule has 4 heteroatoms. The lowest BCUT2D eigenvalue weighted by atomic mass is 9.89. The number of hydrogen-bond donors (Lipinski definition) is 0. The molecule has 0 aliphatic heterocycles. The highest BCUT2D eigenvalue weighted by Crippen LogP contribution is 2.37. The van der Waals surface area contributed by atoms with Gasteiger partial charge in [0, 0.05) is 5.02 Å². The van der Waals surface area contributed by atoms with E-state index in [0.29, 0.717) is 16.3 Å². The first-order valence-electron chi connectivity index (χ1n) is 9.09. The van der Waals surface area contributed by atoms with Gasteiger partial charge in [-0.1, -0.05) is 61.8 Å². The molecule has 0 fully saturated rings. The second-order valence-electron chi connectivity index (χ2n) is 6.89. The molecule has 0 radical (unpaired) electrons. The summed E-state index contributed by atoms with van der Waals surface area (Å²) in [5.41, 5.74) is 1.33. The van der Waals surface area contributed by atoms with Crippen molar-refractivity contribution in [2.45, 2.75) is 19.8 Å². The molecule has 0 aliphatic rings. The molecule has 144 valence electrons. The standard InChI is InChI=1S/C24H21ClF2O/c1-16(2)14-22(27)24(17-8-11-19(25)12-9-17)18-10-13-21(26)23(15-18)28-20-6-4-3-5-7-20/h3-16,24H,1-2H3. The van der Waals surface area contributed by atoms with Crippen molar-refractivity contribution in [3.8, 4) is 11.5 Å². The van der Waals surface area contributed by atoms with E-state index in [1.807, 2.05) is 19.9 Å². The highest BCUT2D eigenvalue weighted by atomic mass is 35.5. The maximum absolute atomic E-state index is 15.1. The van der Waals surface area contributed by atoms with E-state index < -0.39 is 11.7 Å². The SMILES string of the molecule is CC(C)C=C(F)C(c1ccc(Cl)cc1)c1ccc(F)c(Oc2ccccc2)c1. The molecule has 3 aromatic rings. The molecule has 0 amide bonds. The van der Waals surface area contributed by atoms with Crippen LogP contribution in [-0.2, 0) is 0 Å². The Hall–Kier alpha value is -2.65. The highest BCUT2D eigenvalue weighted by Gasteiger charge is 2.22. The van der Waals surface area contributed by atoms with Crippen LogP contribution in [0.1, 0.15) is 30.9 Å². The predicted molar refractivity (Wildman–Crippen MR) is 110 cm³/mol. The zero-order valence-electron chi connectivity index (χ0n) is 15.7. The minimum absolute atomic E-state index is 0.0373. The Balaban J connectivity index is 2.04. The topological polar surface area (TPSA) is 9.23 Å². The first-order chi connectivity index (χ1) is 13.4. The summed E-state index contributed by atoms with van der Waals surface area (Å²) in [5.74, 6) is -0.862. The third-order valence-corrected chi connectivity index (χ3v) is 4.48. The van der Waals surface area contributed by atoms with Gasteiger partial charge in [-0.15, -0.1) is 0 Å². The van der Waals surface area contributed by atoms with E-state index >= 15 is 4.39 Å². The van der Waals surface area contributed by atoms with Crippen LogP contribution in [0.25, 0.3) is 0 Å². The Morgan fingerprint density at radius 2 is 1.57 bits per heavy atom. The number of halogens is 3. The van der Waals surface area contributed by atoms with Crippen LogP contribution < -0.4 is 4.74 Å². The van der Waals surface area contributed by atoms with Crippen molar-refractivity contribution >= 4 is 11.6 Å². The lowest BCUT2D eigenvalue weighted by Crippen LogP contribution is -2.04. The first kappa shape index (κ1) is 20.1. The molecule has 0 saturated heterocycles. The fraction of sp³-hybridized carbons (Fsp3) is 0.167. The van der Waals surface area contributed by atoms with Crippen LogP contribution in [0, 0.1) is 11.7 Å². The molecule has 0 aromatic heterocycles. The molecule has 0 N–H and O–H groups in total. The molecule has 0 bridgehead atoms. The average molecular weight is 399 g/mol. The fourth-order valence-corrected chi connectivity index (χ4v) is 3.10. The van der Waals surface area contributed by atoms with Crippen LogP contribution in [-0.4, -0.2) is 0 Å². The van der Waals surface area contributed by atoms with Crippen LogP contribution >= 0.6 is 11.6 Å². The zero-order valence-corrected chi connectivity index (χ0v) is 16.5. The van der Waals surface area contributed by atoms with Gasteiger partial charge in [0.15, 0.2) is 11.6 Å². The summed E-state index contributed by atoms with van der Waals surface area (Å²) in [6.07, 6.45) is 1.57. The minimum Gasteiger partial charge on any atom is -0.454 e. The van der Waals surface area contributed by atoms with Crippen molar-refractivity contribution in [2.75, 3.05) is 0 Å². The van der Waals surface area contributed by atoms with E-state index in [0.717, 1.165) is 5.56 Å². The monoisotopic (exact) mass is 398 g/mol. The van der Waals surface area contributed by atoms with Crippen molar-refractivity contribution in [1.29, 1.82) is 0 Å². The van der Waals surface area contributed by atoms with Gasteiger partial charge in [0.1, 0.15) is 11.6 Å². The molecule has 28 heavy (non-hydrogen) atoms. The van der Waals surface area contributed by atoms with Crippen LogP contribution in [0.15, 0.2) is 84.7 Å². The van der Waals surface area contributed by atoms with Gasteiger partial charge in [-0.05, 0) is 59.5 Å². The summed E-state index contributed by atoms with van der Waals surface area (Å²) in [6.45, 7) is 3.82. The summed E-state index contributed by atoms with van der Waals surface area (Å²) in [4.78, 5) is 0. The molecule has 0 heterocycles. The van der Waals surface area contributed by atoms with E-state index in [1.165, 1.54) is 6.07 Å². The molecule has 0 aliphatic carbocycles. The number of benzene rings is 3. The average Bonchev–Trinajstić information content (AvgIpc) is 2.66. The zero-order chi connectivity index (χ0) is 20.1. The Morgan fingerprint density at radius 1 is 0.929 bits per heavy atom. The Morgan fingerprint density at radius 3 is 2.21 bits per heavy atom. The van der Waals surface area contributed by atoms with Crippen molar-refractivity contribution in [1.82, 2.24) is 0 Å². The van der Waals surface area contributed by atoms with E-state index in [4.69, 9.17) is 16.3 Å². The molecule has 1 atom stereocenters. The van der Waals surface area contributed by atoms with Crippen LogP contribution in [0.3, 0.4) is 0 Å².